The smallest absolute Gasteiger partial charge is 0.0443 e. The molecule has 1 aliphatic rings. The lowest BCUT2D eigenvalue weighted by Crippen LogP contribution is -2.21. The molecule has 1 aromatic carbocycles. The lowest BCUT2D eigenvalue weighted by molar-refractivity contribution is 0.282. The van der Waals surface area contributed by atoms with Gasteiger partial charge in [0.25, 0.3) is 0 Å². The van der Waals surface area contributed by atoms with Crippen molar-refractivity contribution in [1.82, 2.24) is 5.32 Å². The van der Waals surface area contributed by atoms with Crippen LogP contribution in [0.1, 0.15) is 36.1 Å². The van der Waals surface area contributed by atoms with Gasteiger partial charge < -0.3 is 16.2 Å². The second-order valence-electron chi connectivity index (χ2n) is 4.05. The summed E-state index contributed by atoms with van der Waals surface area (Å²) in [5.74, 6) is 0. The van der Waals surface area contributed by atoms with Crippen molar-refractivity contribution in [2.24, 2.45) is 5.73 Å². The summed E-state index contributed by atoms with van der Waals surface area (Å²) in [4.78, 5) is 0. The van der Waals surface area contributed by atoms with E-state index >= 15 is 0 Å². The molecule has 0 saturated heterocycles. The van der Waals surface area contributed by atoms with Gasteiger partial charge in [-0.15, -0.1) is 0 Å². The highest BCUT2D eigenvalue weighted by atomic mass is 16.3. The van der Waals surface area contributed by atoms with E-state index in [1.165, 1.54) is 11.1 Å². The highest BCUT2D eigenvalue weighted by molar-refractivity contribution is 5.37. The molecular weight excluding hydrogens is 188 g/mol. The van der Waals surface area contributed by atoms with Gasteiger partial charge in [0, 0.05) is 18.7 Å². The molecule has 3 heteroatoms. The van der Waals surface area contributed by atoms with Crippen LogP contribution in [0.2, 0.25) is 0 Å². The lowest BCUT2D eigenvalue weighted by atomic mass is 10.1. The first-order valence-electron chi connectivity index (χ1n) is 5.51. The molecule has 2 unspecified atom stereocenters. The number of aliphatic hydroxyl groups is 1. The van der Waals surface area contributed by atoms with Crippen LogP contribution in [0.4, 0.5) is 0 Å². The Morgan fingerprint density at radius 3 is 2.80 bits per heavy atom. The first kappa shape index (κ1) is 10.6. The molecule has 2 atom stereocenters. The maximum Gasteiger partial charge on any atom is 0.0443 e. The number of fused-ring (bicyclic) bond motifs is 1. The third-order valence-electron chi connectivity index (χ3n) is 2.99. The summed E-state index contributed by atoms with van der Waals surface area (Å²) in [6.45, 7) is 1.09. The van der Waals surface area contributed by atoms with Crippen LogP contribution >= 0.6 is 0 Å². The van der Waals surface area contributed by atoms with Crippen molar-refractivity contribution in [3.63, 3.8) is 0 Å². The second-order valence-corrected chi connectivity index (χ2v) is 4.05. The monoisotopic (exact) mass is 206 g/mol. The second kappa shape index (κ2) is 4.75. The van der Waals surface area contributed by atoms with E-state index in [1.807, 2.05) is 6.07 Å². The number of aliphatic hydroxyl groups excluding tert-OH is 1. The van der Waals surface area contributed by atoms with Gasteiger partial charge >= 0.3 is 0 Å². The van der Waals surface area contributed by atoms with Crippen LogP contribution in [0, 0.1) is 0 Å². The van der Waals surface area contributed by atoms with Gasteiger partial charge in [-0.2, -0.15) is 0 Å². The summed E-state index contributed by atoms with van der Waals surface area (Å²) in [7, 11) is 0. The Balaban J connectivity index is 2.04. The van der Waals surface area contributed by atoms with Crippen molar-refractivity contribution >= 4 is 0 Å². The molecule has 82 valence electrons. The van der Waals surface area contributed by atoms with Crippen LogP contribution in [0.3, 0.4) is 0 Å². The molecule has 1 aliphatic carbocycles. The zero-order valence-corrected chi connectivity index (χ0v) is 8.82. The van der Waals surface area contributed by atoms with E-state index in [9.17, 15) is 0 Å². The van der Waals surface area contributed by atoms with Gasteiger partial charge in [-0.1, -0.05) is 24.3 Å². The van der Waals surface area contributed by atoms with Gasteiger partial charge in [-0.05, 0) is 30.5 Å². The van der Waals surface area contributed by atoms with Crippen molar-refractivity contribution in [1.29, 1.82) is 0 Å². The Labute approximate surface area is 90.3 Å². The third kappa shape index (κ3) is 2.20. The van der Waals surface area contributed by atoms with Crippen LogP contribution in [-0.2, 0) is 0 Å². The van der Waals surface area contributed by atoms with Gasteiger partial charge in [0.2, 0.25) is 0 Å². The zero-order chi connectivity index (χ0) is 10.7. The molecule has 0 aliphatic heterocycles. The van der Waals surface area contributed by atoms with E-state index in [1.54, 1.807) is 0 Å². The van der Waals surface area contributed by atoms with Crippen molar-refractivity contribution in [2.45, 2.75) is 24.9 Å². The molecule has 0 aromatic heterocycles. The Bertz CT molecular complexity index is 327. The van der Waals surface area contributed by atoms with Crippen LogP contribution in [0.5, 0.6) is 0 Å². The topological polar surface area (TPSA) is 58.3 Å². The molecule has 3 nitrogen and oxygen atoms in total. The molecule has 0 radical (unpaired) electrons. The van der Waals surface area contributed by atoms with E-state index < -0.39 is 0 Å². The summed E-state index contributed by atoms with van der Waals surface area (Å²) >= 11 is 0. The number of nitrogens with two attached hydrogens (primary N) is 1. The molecular formula is C12H18N2O. The highest BCUT2D eigenvalue weighted by Crippen LogP contribution is 2.36. The average Bonchev–Trinajstić information content (AvgIpc) is 2.58. The van der Waals surface area contributed by atoms with Crippen LogP contribution in [0.25, 0.3) is 0 Å². The largest absolute Gasteiger partial charge is 0.396 e. The number of rotatable bonds is 4. The van der Waals surface area contributed by atoms with E-state index in [4.69, 9.17) is 10.8 Å². The minimum absolute atomic E-state index is 0.160. The minimum Gasteiger partial charge on any atom is -0.396 e. The van der Waals surface area contributed by atoms with Gasteiger partial charge in [-0.3, -0.25) is 0 Å². The maximum atomic E-state index is 8.72. The van der Waals surface area contributed by atoms with Gasteiger partial charge in [0.05, 0.1) is 0 Å². The van der Waals surface area contributed by atoms with Crippen molar-refractivity contribution in [2.75, 3.05) is 13.2 Å². The molecule has 0 saturated carbocycles. The van der Waals surface area contributed by atoms with Gasteiger partial charge in [0.1, 0.15) is 0 Å². The van der Waals surface area contributed by atoms with Crippen LogP contribution in [0.15, 0.2) is 24.3 Å². The average molecular weight is 206 g/mol. The van der Waals surface area contributed by atoms with E-state index in [0.717, 1.165) is 19.4 Å². The Kier molecular flexibility index (Phi) is 3.36. The molecule has 2 rings (SSSR count). The predicted octanol–water partition coefficient (Wildman–Crippen LogP) is 1.10. The number of hydrogen-bond donors (Lipinski definition) is 3. The summed E-state index contributed by atoms with van der Waals surface area (Å²) in [6.07, 6.45) is 1.76. The lowest BCUT2D eigenvalue weighted by Gasteiger charge is -2.13. The first-order valence-corrected chi connectivity index (χ1v) is 5.51. The Morgan fingerprint density at radius 2 is 2.07 bits per heavy atom. The maximum absolute atomic E-state index is 8.72. The minimum atomic E-state index is 0.160. The summed E-state index contributed by atoms with van der Waals surface area (Å²) in [5, 5.41) is 12.2. The molecule has 0 fully saturated rings. The molecule has 0 bridgehead atoms. The van der Waals surface area contributed by atoms with E-state index in [-0.39, 0.29) is 12.6 Å². The third-order valence-corrected chi connectivity index (χ3v) is 2.99. The Morgan fingerprint density at radius 1 is 1.33 bits per heavy atom. The SMILES string of the molecule is NC1CC(NCCCO)c2ccccc21. The summed E-state index contributed by atoms with van der Waals surface area (Å²) < 4.78 is 0. The number of benzene rings is 1. The molecule has 0 amide bonds. The fraction of sp³-hybridized carbons (Fsp3) is 0.500. The van der Waals surface area contributed by atoms with Crippen molar-refractivity contribution in [3.05, 3.63) is 35.4 Å². The predicted molar refractivity (Wildman–Crippen MR) is 60.4 cm³/mol. The first-order chi connectivity index (χ1) is 7.33. The van der Waals surface area contributed by atoms with E-state index in [0.29, 0.717) is 6.04 Å². The molecule has 15 heavy (non-hydrogen) atoms. The summed E-state index contributed by atoms with van der Waals surface area (Å²) in [6, 6.07) is 8.86. The van der Waals surface area contributed by atoms with Crippen LogP contribution < -0.4 is 11.1 Å². The van der Waals surface area contributed by atoms with Crippen molar-refractivity contribution < 1.29 is 5.11 Å². The summed E-state index contributed by atoms with van der Waals surface area (Å²) in [5.41, 5.74) is 8.64. The molecule has 0 heterocycles. The standard InChI is InChI=1S/C12H18N2O/c13-11-8-12(14-6-3-7-15)10-5-2-1-4-9(10)11/h1-2,4-5,11-12,14-15H,3,6-8,13H2. The Hall–Kier alpha value is -0.900. The van der Waals surface area contributed by atoms with Crippen LogP contribution in [-0.4, -0.2) is 18.3 Å². The zero-order valence-electron chi connectivity index (χ0n) is 8.82. The van der Waals surface area contributed by atoms with Crippen molar-refractivity contribution in [3.8, 4) is 0 Å². The quantitative estimate of drug-likeness (QED) is 0.647. The normalized spacial score (nSPS) is 24.1. The molecule has 1 aromatic rings. The van der Waals surface area contributed by atoms with Gasteiger partial charge in [0.15, 0.2) is 0 Å². The highest BCUT2D eigenvalue weighted by Gasteiger charge is 2.27. The van der Waals surface area contributed by atoms with E-state index in [2.05, 4.69) is 23.5 Å². The number of nitrogens with one attached hydrogen (secondary N) is 1. The van der Waals surface area contributed by atoms with Gasteiger partial charge in [-0.25, -0.2) is 0 Å². The fourth-order valence-corrected chi connectivity index (χ4v) is 2.22. The molecule has 0 spiro atoms. The number of hydrogen-bond acceptors (Lipinski definition) is 3. The fourth-order valence-electron chi connectivity index (χ4n) is 2.22. The molecule has 4 N–H and O–H groups in total.